The zero-order chi connectivity index (χ0) is 20.9. The van der Waals surface area contributed by atoms with Crippen molar-refractivity contribution < 1.29 is 4.79 Å². The molecule has 4 aromatic rings. The number of hydrogen-bond donors (Lipinski definition) is 2. The van der Waals surface area contributed by atoms with Crippen molar-refractivity contribution in [3.05, 3.63) is 71.1 Å². The molecule has 0 aliphatic carbocycles. The number of aryl methyl sites for hydroxylation is 2. The van der Waals surface area contributed by atoms with Crippen molar-refractivity contribution in [2.45, 2.75) is 32.9 Å². The minimum Gasteiger partial charge on any atom is -0.356 e. The second-order valence-corrected chi connectivity index (χ2v) is 7.78. The number of hydrogen-bond acceptors (Lipinski definition) is 3. The standard InChI is InChI=1S/C23H25N5OS/c1-17-6-4-8-19(16-17)22-25-26-23(30)28(22)15-11-21(29)24-12-5-13-27-14-10-18-7-2-3-9-20(18)27/h2-4,6-10,14,16H,5,11-13,15H2,1H3,(H,24,29)(H,26,30). The maximum absolute atomic E-state index is 12.3. The largest absolute Gasteiger partial charge is 0.356 e. The van der Waals surface area contributed by atoms with Crippen molar-refractivity contribution in [3.8, 4) is 11.4 Å². The fraction of sp³-hybridized carbons (Fsp3) is 0.261. The van der Waals surface area contributed by atoms with Crippen LogP contribution in [-0.2, 0) is 17.9 Å². The van der Waals surface area contributed by atoms with Gasteiger partial charge in [0.05, 0.1) is 0 Å². The summed E-state index contributed by atoms with van der Waals surface area (Å²) in [5.74, 6) is 0.779. The van der Waals surface area contributed by atoms with E-state index >= 15 is 0 Å². The molecule has 0 atom stereocenters. The van der Waals surface area contributed by atoms with Gasteiger partial charge in [0, 0.05) is 43.3 Å². The molecule has 4 rings (SSSR count). The van der Waals surface area contributed by atoms with Crippen molar-refractivity contribution in [3.63, 3.8) is 0 Å². The summed E-state index contributed by atoms with van der Waals surface area (Å²) in [5.41, 5.74) is 3.37. The molecule has 2 aromatic heterocycles. The molecule has 0 aliphatic heterocycles. The normalized spacial score (nSPS) is 11.1. The third-order valence-corrected chi connectivity index (χ3v) is 5.49. The molecule has 154 valence electrons. The predicted molar refractivity (Wildman–Crippen MR) is 122 cm³/mol. The summed E-state index contributed by atoms with van der Waals surface area (Å²) in [6.07, 6.45) is 3.34. The lowest BCUT2D eigenvalue weighted by molar-refractivity contribution is -0.121. The van der Waals surface area contributed by atoms with Crippen molar-refractivity contribution in [2.75, 3.05) is 6.54 Å². The molecule has 7 heteroatoms. The van der Waals surface area contributed by atoms with Crippen LogP contribution in [0.5, 0.6) is 0 Å². The van der Waals surface area contributed by atoms with E-state index in [2.05, 4.69) is 50.5 Å². The zero-order valence-corrected chi connectivity index (χ0v) is 17.8. The second-order valence-electron chi connectivity index (χ2n) is 7.39. The van der Waals surface area contributed by atoms with E-state index < -0.39 is 0 Å². The first-order valence-corrected chi connectivity index (χ1v) is 10.6. The SMILES string of the molecule is Cc1cccc(-c2n[nH]c(=S)n2CCC(=O)NCCCn2ccc3ccccc32)c1. The lowest BCUT2D eigenvalue weighted by Gasteiger charge is -2.09. The van der Waals surface area contributed by atoms with Gasteiger partial charge in [-0.1, -0.05) is 42.0 Å². The minimum absolute atomic E-state index is 0.0191. The average Bonchev–Trinajstić information content (AvgIpc) is 3.33. The quantitative estimate of drug-likeness (QED) is 0.327. The maximum atomic E-state index is 12.3. The van der Waals surface area contributed by atoms with Crippen LogP contribution < -0.4 is 5.32 Å². The molecule has 1 amide bonds. The van der Waals surface area contributed by atoms with Gasteiger partial charge in [0.2, 0.25) is 5.91 Å². The fourth-order valence-electron chi connectivity index (χ4n) is 3.64. The maximum Gasteiger partial charge on any atom is 0.221 e. The fourth-order valence-corrected chi connectivity index (χ4v) is 3.87. The number of nitrogens with zero attached hydrogens (tertiary/aromatic N) is 3. The number of para-hydroxylation sites is 1. The van der Waals surface area contributed by atoms with Crippen LogP contribution in [0, 0.1) is 11.7 Å². The first kappa shape index (κ1) is 20.1. The molecule has 6 nitrogen and oxygen atoms in total. The Hall–Kier alpha value is -3.19. The van der Waals surface area contributed by atoms with Gasteiger partial charge in [0.15, 0.2) is 10.6 Å². The van der Waals surface area contributed by atoms with Crippen LogP contribution in [0.25, 0.3) is 22.3 Å². The summed E-state index contributed by atoms with van der Waals surface area (Å²) in [6, 6.07) is 18.5. The number of carbonyl (C=O) groups excluding carboxylic acids is 1. The lowest BCUT2D eigenvalue weighted by Crippen LogP contribution is -2.26. The predicted octanol–water partition coefficient (Wildman–Crippen LogP) is 4.47. The monoisotopic (exact) mass is 419 g/mol. The number of amides is 1. The Morgan fingerprint density at radius 3 is 2.87 bits per heavy atom. The number of aromatic amines is 1. The van der Waals surface area contributed by atoms with Gasteiger partial charge in [-0.3, -0.25) is 14.5 Å². The van der Waals surface area contributed by atoms with Gasteiger partial charge < -0.3 is 9.88 Å². The van der Waals surface area contributed by atoms with Crippen LogP contribution >= 0.6 is 12.2 Å². The zero-order valence-electron chi connectivity index (χ0n) is 17.0. The Bertz CT molecular complexity index is 1220. The number of rotatable bonds is 8. The van der Waals surface area contributed by atoms with Crippen LogP contribution in [0.4, 0.5) is 0 Å². The lowest BCUT2D eigenvalue weighted by atomic mass is 10.1. The van der Waals surface area contributed by atoms with Crippen LogP contribution in [0.15, 0.2) is 60.8 Å². The topological polar surface area (TPSA) is 67.6 Å². The van der Waals surface area contributed by atoms with E-state index in [-0.39, 0.29) is 5.91 Å². The Morgan fingerprint density at radius 1 is 1.13 bits per heavy atom. The van der Waals surface area contributed by atoms with Crippen LogP contribution in [-0.4, -0.2) is 31.8 Å². The third-order valence-electron chi connectivity index (χ3n) is 5.18. The highest BCUT2D eigenvalue weighted by atomic mass is 32.1. The number of fused-ring (bicyclic) bond motifs is 1. The first-order chi connectivity index (χ1) is 14.6. The molecule has 0 unspecified atom stereocenters. The molecule has 2 N–H and O–H groups in total. The highest BCUT2D eigenvalue weighted by Crippen LogP contribution is 2.19. The van der Waals surface area contributed by atoms with E-state index in [1.165, 1.54) is 10.9 Å². The Kier molecular flexibility index (Phi) is 6.09. The molecule has 0 spiro atoms. The number of benzene rings is 2. The van der Waals surface area contributed by atoms with E-state index in [9.17, 15) is 4.79 Å². The van der Waals surface area contributed by atoms with Gasteiger partial charge in [-0.15, -0.1) is 0 Å². The Balaban J connectivity index is 1.28. The van der Waals surface area contributed by atoms with Gasteiger partial charge >= 0.3 is 0 Å². The summed E-state index contributed by atoms with van der Waals surface area (Å²) in [5, 5.41) is 11.4. The Morgan fingerprint density at radius 2 is 2.00 bits per heavy atom. The van der Waals surface area contributed by atoms with Crippen molar-refractivity contribution >= 4 is 29.0 Å². The van der Waals surface area contributed by atoms with Gasteiger partial charge in [0.25, 0.3) is 0 Å². The summed E-state index contributed by atoms with van der Waals surface area (Å²) < 4.78 is 4.63. The van der Waals surface area contributed by atoms with Crippen molar-refractivity contribution in [2.24, 2.45) is 0 Å². The minimum atomic E-state index is 0.0191. The van der Waals surface area contributed by atoms with Gasteiger partial charge in [-0.05, 0) is 49.1 Å². The molecular weight excluding hydrogens is 394 g/mol. The molecule has 0 fully saturated rings. The molecule has 0 bridgehead atoms. The van der Waals surface area contributed by atoms with E-state index in [4.69, 9.17) is 12.2 Å². The first-order valence-electron chi connectivity index (χ1n) is 10.1. The van der Waals surface area contributed by atoms with Gasteiger partial charge in [-0.25, -0.2) is 0 Å². The molecular formula is C23H25N5OS. The van der Waals surface area contributed by atoms with Gasteiger partial charge in [-0.2, -0.15) is 5.10 Å². The summed E-state index contributed by atoms with van der Waals surface area (Å²) in [7, 11) is 0. The van der Waals surface area contributed by atoms with Gasteiger partial charge in [0.1, 0.15) is 0 Å². The summed E-state index contributed by atoms with van der Waals surface area (Å²) in [4.78, 5) is 12.3. The van der Waals surface area contributed by atoms with Crippen LogP contribution in [0.3, 0.4) is 0 Å². The molecule has 0 saturated carbocycles. The second kappa shape index (κ2) is 9.09. The highest BCUT2D eigenvalue weighted by molar-refractivity contribution is 7.71. The van der Waals surface area contributed by atoms with E-state index in [1.54, 1.807) is 0 Å². The van der Waals surface area contributed by atoms with E-state index in [1.807, 2.05) is 41.8 Å². The number of H-pyrrole nitrogens is 1. The third kappa shape index (κ3) is 4.52. The number of carbonyl (C=O) groups is 1. The molecule has 2 aromatic carbocycles. The number of aromatic nitrogens is 4. The Labute approximate surface area is 180 Å². The number of nitrogens with one attached hydrogen (secondary N) is 2. The van der Waals surface area contributed by atoms with E-state index in [0.717, 1.165) is 29.9 Å². The van der Waals surface area contributed by atoms with E-state index in [0.29, 0.717) is 24.3 Å². The summed E-state index contributed by atoms with van der Waals surface area (Å²) >= 11 is 5.36. The smallest absolute Gasteiger partial charge is 0.221 e. The molecule has 2 heterocycles. The van der Waals surface area contributed by atoms with Crippen molar-refractivity contribution in [1.29, 1.82) is 0 Å². The molecule has 0 saturated heterocycles. The van der Waals surface area contributed by atoms with Crippen molar-refractivity contribution in [1.82, 2.24) is 24.6 Å². The van der Waals surface area contributed by atoms with Crippen LogP contribution in [0.2, 0.25) is 0 Å². The molecule has 0 aliphatic rings. The van der Waals surface area contributed by atoms with Crippen LogP contribution in [0.1, 0.15) is 18.4 Å². The average molecular weight is 420 g/mol. The highest BCUT2D eigenvalue weighted by Gasteiger charge is 2.11. The molecule has 0 radical (unpaired) electrons. The molecule has 30 heavy (non-hydrogen) atoms. The summed E-state index contributed by atoms with van der Waals surface area (Å²) in [6.45, 7) is 4.05.